The van der Waals surface area contributed by atoms with Gasteiger partial charge in [-0.25, -0.2) is 4.98 Å². The standard InChI is InChI=1S/C16H22N2OS2/c1-5-19-11-6-7-12(17)13(8-11)20-10-15-18-14(9-21-15)16(2,3)4/h6-9H,5,10,17H2,1-4H3. The molecule has 0 aliphatic heterocycles. The Kier molecular flexibility index (Phi) is 5.17. The quantitative estimate of drug-likeness (QED) is 0.639. The number of aromatic nitrogens is 1. The number of anilines is 1. The molecular formula is C16H22N2OS2. The van der Waals surface area contributed by atoms with Gasteiger partial charge in [-0.05, 0) is 25.1 Å². The van der Waals surface area contributed by atoms with E-state index in [1.165, 1.54) is 0 Å². The molecule has 0 bridgehead atoms. The topological polar surface area (TPSA) is 48.1 Å². The third kappa shape index (κ3) is 4.38. The monoisotopic (exact) mass is 322 g/mol. The highest BCUT2D eigenvalue weighted by atomic mass is 32.2. The third-order valence-corrected chi connectivity index (χ3v) is 5.08. The maximum Gasteiger partial charge on any atom is 0.120 e. The number of nitrogens with two attached hydrogens (primary N) is 1. The van der Waals surface area contributed by atoms with Gasteiger partial charge in [0, 0.05) is 21.4 Å². The van der Waals surface area contributed by atoms with Gasteiger partial charge in [0.1, 0.15) is 10.8 Å². The maximum absolute atomic E-state index is 6.03. The van der Waals surface area contributed by atoms with Crippen LogP contribution in [0.5, 0.6) is 5.75 Å². The van der Waals surface area contributed by atoms with Gasteiger partial charge >= 0.3 is 0 Å². The van der Waals surface area contributed by atoms with Crippen molar-refractivity contribution in [3.63, 3.8) is 0 Å². The van der Waals surface area contributed by atoms with Gasteiger partial charge in [0.05, 0.1) is 18.1 Å². The lowest BCUT2D eigenvalue weighted by Gasteiger charge is -2.14. The molecule has 0 saturated carbocycles. The van der Waals surface area contributed by atoms with Gasteiger partial charge in [0.2, 0.25) is 0 Å². The zero-order valence-corrected chi connectivity index (χ0v) is 14.6. The van der Waals surface area contributed by atoms with Crippen molar-refractivity contribution < 1.29 is 4.74 Å². The van der Waals surface area contributed by atoms with Gasteiger partial charge in [-0.1, -0.05) is 20.8 Å². The number of nitrogen functional groups attached to an aromatic ring is 1. The highest BCUT2D eigenvalue weighted by molar-refractivity contribution is 7.98. The summed E-state index contributed by atoms with van der Waals surface area (Å²) in [5, 5.41) is 3.28. The predicted molar refractivity (Wildman–Crippen MR) is 92.4 cm³/mol. The number of nitrogens with zero attached hydrogens (tertiary/aromatic N) is 1. The molecule has 1 aromatic carbocycles. The summed E-state index contributed by atoms with van der Waals surface area (Å²) in [6.07, 6.45) is 0. The van der Waals surface area contributed by atoms with Gasteiger partial charge in [-0.15, -0.1) is 23.1 Å². The Labute approximate surface area is 134 Å². The fourth-order valence-corrected chi connectivity index (χ4v) is 3.79. The van der Waals surface area contributed by atoms with Crippen molar-refractivity contribution in [3.8, 4) is 5.75 Å². The van der Waals surface area contributed by atoms with E-state index in [9.17, 15) is 0 Å². The van der Waals surface area contributed by atoms with E-state index in [0.29, 0.717) is 6.61 Å². The molecule has 0 amide bonds. The first-order valence-corrected chi connectivity index (χ1v) is 8.86. The van der Waals surface area contributed by atoms with Gasteiger partial charge in [-0.2, -0.15) is 0 Å². The normalized spacial score (nSPS) is 11.6. The second-order valence-electron chi connectivity index (χ2n) is 5.80. The van der Waals surface area contributed by atoms with Crippen molar-refractivity contribution in [2.24, 2.45) is 0 Å². The Morgan fingerprint density at radius 1 is 1.33 bits per heavy atom. The first-order chi connectivity index (χ1) is 9.90. The van der Waals surface area contributed by atoms with Crippen molar-refractivity contribution in [3.05, 3.63) is 34.3 Å². The second-order valence-corrected chi connectivity index (χ2v) is 7.76. The van der Waals surface area contributed by atoms with Gasteiger partial charge in [-0.3, -0.25) is 0 Å². The lowest BCUT2D eigenvalue weighted by molar-refractivity contribution is 0.339. The molecule has 2 rings (SSSR count). The predicted octanol–water partition coefficient (Wildman–Crippen LogP) is 4.71. The summed E-state index contributed by atoms with van der Waals surface area (Å²) in [5.41, 5.74) is 8.08. The minimum Gasteiger partial charge on any atom is -0.494 e. The average Bonchev–Trinajstić information content (AvgIpc) is 2.88. The molecule has 0 spiro atoms. The van der Waals surface area contributed by atoms with Gasteiger partial charge < -0.3 is 10.5 Å². The smallest absolute Gasteiger partial charge is 0.120 e. The number of hydrogen-bond donors (Lipinski definition) is 1. The number of hydrogen-bond acceptors (Lipinski definition) is 5. The van der Waals surface area contributed by atoms with E-state index in [4.69, 9.17) is 15.5 Å². The molecule has 3 nitrogen and oxygen atoms in total. The first kappa shape index (κ1) is 16.2. The average molecular weight is 322 g/mol. The van der Waals surface area contributed by atoms with Gasteiger partial charge in [0.15, 0.2) is 0 Å². The molecule has 21 heavy (non-hydrogen) atoms. The Morgan fingerprint density at radius 2 is 2.10 bits per heavy atom. The third-order valence-electron chi connectivity index (χ3n) is 2.97. The molecule has 0 aliphatic rings. The van der Waals surface area contributed by atoms with E-state index in [1.54, 1.807) is 23.1 Å². The minimum absolute atomic E-state index is 0.104. The molecule has 1 heterocycles. The van der Waals surface area contributed by atoms with Crippen LogP contribution in [-0.4, -0.2) is 11.6 Å². The van der Waals surface area contributed by atoms with E-state index in [2.05, 4.69) is 26.2 Å². The summed E-state index contributed by atoms with van der Waals surface area (Å²) in [5.74, 6) is 1.70. The summed E-state index contributed by atoms with van der Waals surface area (Å²) in [6.45, 7) is 9.19. The highest BCUT2D eigenvalue weighted by Gasteiger charge is 2.17. The van der Waals surface area contributed by atoms with E-state index in [-0.39, 0.29) is 5.41 Å². The van der Waals surface area contributed by atoms with Crippen LogP contribution in [0, 0.1) is 0 Å². The van der Waals surface area contributed by atoms with Crippen LogP contribution < -0.4 is 10.5 Å². The molecule has 1 aromatic heterocycles. The highest BCUT2D eigenvalue weighted by Crippen LogP contribution is 2.33. The van der Waals surface area contributed by atoms with Crippen molar-refractivity contribution >= 4 is 28.8 Å². The van der Waals surface area contributed by atoms with Crippen LogP contribution in [-0.2, 0) is 11.2 Å². The largest absolute Gasteiger partial charge is 0.494 e. The number of ether oxygens (including phenoxy) is 1. The van der Waals surface area contributed by atoms with Crippen molar-refractivity contribution in [2.45, 2.75) is 43.8 Å². The lowest BCUT2D eigenvalue weighted by atomic mass is 9.93. The number of benzene rings is 1. The van der Waals surface area contributed by atoms with Crippen molar-refractivity contribution in [1.29, 1.82) is 0 Å². The maximum atomic E-state index is 6.03. The number of rotatable bonds is 5. The van der Waals surface area contributed by atoms with Crippen molar-refractivity contribution in [1.82, 2.24) is 4.98 Å². The molecule has 2 aromatic rings. The van der Waals surface area contributed by atoms with E-state index in [0.717, 1.165) is 32.8 Å². The zero-order valence-electron chi connectivity index (χ0n) is 13.0. The van der Waals surface area contributed by atoms with Gasteiger partial charge in [0.25, 0.3) is 0 Å². The van der Waals surface area contributed by atoms with Crippen LogP contribution in [0.15, 0.2) is 28.5 Å². The molecule has 0 radical (unpaired) electrons. The number of thioether (sulfide) groups is 1. The van der Waals surface area contributed by atoms with E-state index < -0.39 is 0 Å². The van der Waals surface area contributed by atoms with Crippen LogP contribution in [0.1, 0.15) is 38.4 Å². The molecule has 114 valence electrons. The molecule has 2 N–H and O–H groups in total. The first-order valence-electron chi connectivity index (χ1n) is 7.00. The SMILES string of the molecule is CCOc1ccc(N)c(SCc2nc(C(C)(C)C)cs2)c1. The number of thiazole rings is 1. The fourth-order valence-electron chi connectivity index (χ4n) is 1.76. The molecule has 5 heteroatoms. The Morgan fingerprint density at radius 3 is 2.71 bits per heavy atom. The molecule has 0 atom stereocenters. The lowest BCUT2D eigenvalue weighted by Crippen LogP contribution is -2.11. The Bertz CT molecular complexity index is 603. The van der Waals surface area contributed by atoms with E-state index >= 15 is 0 Å². The fraction of sp³-hybridized carbons (Fsp3) is 0.438. The van der Waals surface area contributed by atoms with Crippen LogP contribution in [0.3, 0.4) is 0 Å². The van der Waals surface area contributed by atoms with Crippen LogP contribution in [0.2, 0.25) is 0 Å². The molecule has 0 fully saturated rings. The summed E-state index contributed by atoms with van der Waals surface area (Å²) < 4.78 is 5.52. The zero-order chi connectivity index (χ0) is 15.5. The Balaban J connectivity index is 2.06. The van der Waals surface area contributed by atoms with Crippen LogP contribution in [0.4, 0.5) is 5.69 Å². The summed E-state index contributed by atoms with van der Waals surface area (Å²) in [7, 11) is 0. The van der Waals surface area contributed by atoms with Crippen molar-refractivity contribution in [2.75, 3.05) is 12.3 Å². The summed E-state index contributed by atoms with van der Waals surface area (Å²) >= 11 is 3.42. The minimum atomic E-state index is 0.104. The van der Waals surface area contributed by atoms with Crippen LogP contribution in [0.25, 0.3) is 0 Å². The molecule has 0 unspecified atom stereocenters. The molecular weight excluding hydrogens is 300 g/mol. The summed E-state index contributed by atoms with van der Waals surface area (Å²) in [6, 6.07) is 5.81. The van der Waals surface area contributed by atoms with Crippen LogP contribution >= 0.6 is 23.1 Å². The second kappa shape index (κ2) is 6.71. The van der Waals surface area contributed by atoms with E-state index in [1.807, 2.05) is 25.1 Å². The molecule has 0 saturated heterocycles. The summed E-state index contributed by atoms with van der Waals surface area (Å²) in [4.78, 5) is 5.76. The Hall–Kier alpha value is -1.20. The molecule has 0 aliphatic carbocycles.